The van der Waals surface area contributed by atoms with Gasteiger partial charge in [-0.1, -0.05) is 32.9 Å². The molecule has 67 valence electrons. The first-order chi connectivity index (χ1) is 6.07. The number of rotatable bonds is 0. The zero-order valence-corrected chi connectivity index (χ0v) is 8.22. The lowest BCUT2D eigenvalue weighted by atomic mass is 9.87. The van der Waals surface area contributed by atoms with Gasteiger partial charge in [0.05, 0.1) is 0 Å². The Morgan fingerprint density at radius 2 is 2.00 bits per heavy atom. The Labute approximate surface area is 78.4 Å². The maximum Gasteiger partial charge on any atom is 0.170 e. The molecule has 1 aromatic heterocycles. The van der Waals surface area contributed by atoms with Crippen LogP contribution in [0.25, 0.3) is 11.0 Å². The van der Waals surface area contributed by atoms with Crippen LogP contribution in [0.5, 0.6) is 0 Å². The fourth-order valence-corrected chi connectivity index (χ4v) is 1.36. The van der Waals surface area contributed by atoms with Crippen molar-refractivity contribution in [2.45, 2.75) is 26.2 Å². The normalized spacial score (nSPS) is 12.2. The van der Waals surface area contributed by atoms with Crippen LogP contribution in [0, 0.1) is 6.26 Å². The molecule has 2 aromatic rings. The van der Waals surface area contributed by atoms with Crippen LogP contribution >= 0.6 is 0 Å². The minimum atomic E-state index is 0.182. The molecule has 0 amide bonds. The highest BCUT2D eigenvalue weighted by molar-refractivity contribution is 5.77. The molecule has 1 aromatic carbocycles. The molecular formula is C12H13O. The van der Waals surface area contributed by atoms with E-state index in [9.17, 15) is 0 Å². The Bertz CT molecular complexity index is 418. The van der Waals surface area contributed by atoms with Crippen molar-refractivity contribution < 1.29 is 4.42 Å². The lowest BCUT2D eigenvalue weighted by Crippen LogP contribution is -2.10. The van der Waals surface area contributed by atoms with Gasteiger partial charge in [-0.3, -0.25) is 0 Å². The second-order valence-electron chi connectivity index (χ2n) is 4.37. The number of furan rings is 1. The van der Waals surface area contributed by atoms with Gasteiger partial charge in [0, 0.05) is 5.39 Å². The van der Waals surface area contributed by atoms with E-state index in [-0.39, 0.29) is 5.41 Å². The molecule has 1 heteroatoms. The van der Waals surface area contributed by atoms with Crippen LogP contribution in [0.3, 0.4) is 0 Å². The second-order valence-corrected chi connectivity index (χ2v) is 4.37. The van der Waals surface area contributed by atoms with Gasteiger partial charge < -0.3 is 4.42 Å². The third-order valence-corrected chi connectivity index (χ3v) is 2.26. The van der Waals surface area contributed by atoms with E-state index in [1.807, 2.05) is 6.07 Å². The van der Waals surface area contributed by atoms with Gasteiger partial charge in [0.15, 0.2) is 6.26 Å². The first kappa shape index (κ1) is 8.36. The molecule has 1 radical (unpaired) electrons. The molecule has 0 atom stereocenters. The monoisotopic (exact) mass is 173 g/mol. The first-order valence-electron chi connectivity index (χ1n) is 4.47. The number of fused-ring (bicyclic) bond motifs is 1. The van der Waals surface area contributed by atoms with Crippen molar-refractivity contribution in [3.05, 3.63) is 36.1 Å². The van der Waals surface area contributed by atoms with E-state index in [4.69, 9.17) is 4.42 Å². The zero-order chi connectivity index (χ0) is 9.47. The molecule has 2 rings (SSSR count). The van der Waals surface area contributed by atoms with Gasteiger partial charge in [-0.15, -0.1) is 0 Å². The van der Waals surface area contributed by atoms with Crippen LogP contribution in [0.1, 0.15) is 26.3 Å². The van der Waals surface area contributed by atoms with Gasteiger partial charge in [0.25, 0.3) is 0 Å². The smallest absolute Gasteiger partial charge is 0.170 e. The van der Waals surface area contributed by atoms with E-state index in [0.717, 1.165) is 11.0 Å². The summed E-state index contributed by atoms with van der Waals surface area (Å²) in [5.41, 5.74) is 2.40. The summed E-state index contributed by atoms with van der Waals surface area (Å²) in [6.45, 7) is 6.59. The van der Waals surface area contributed by atoms with Crippen LogP contribution in [0.4, 0.5) is 0 Å². The van der Waals surface area contributed by atoms with E-state index in [0.29, 0.717) is 0 Å². The van der Waals surface area contributed by atoms with E-state index in [1.54, 1.807) is 0 Å². The fourth-order valence-electron chi connectivity index (χ4n) is 1.36. The Morgan fingerprint density at radius 3 is 2.69 bits per heavy atom. The molecule has 0 fully saturated rings. The van der Waals surface area contributed by atoms with Gasteiger partial charge in [-0.05, 0) is 23.1 Å². The summed E-state index contributed by atoms with van der Waals surface area (Å²) in [5.74, 6) is 0. The number of hydrogen-bond donors (Lipinski definition) is 0. The number of hydrogen-bond acceptors (Lipinski definition) is 1. The highest BCUT2D eigenvalue weighted by atomic mass is 16.3. The molecule has 1 nitrogen and oxygen atoms in total. The van der Waals surface area contributed by atoms with Crippen LogP contribution in [0.15, 0.2) is 28.7 Å². The van der Waals surface area contributed by atoms with Crippen molar-refractivity contribution in [1.82, 2.24) is 0 Å². The van der Waals surface area contributed by atoms with E-state index in [2.05, 4.69) is 45.2 Å². The van der Waals surface area contributed by atoms with Crippen LogP contribution < -0.4 is 0 Å². The maximum atomic E-state index is 5.23. The third-order valence-electron chi connectivity index (χ3n) is 2.26. The van der Waals surface area contributed by atoms with Crippen molar-refractivity contribution >= 4 is 11.0 Å². The van der Waals surface area contributed by atoms with E-state index in [1.165, 1.54) is 5.56 Å². The zero-order valence-electron chi connectivity index (χ0n) is 8.22. The average molecular weight is 173 g/mol. The Balaban J connectivity index is 2.61. The molecule has 0 bridgehead atoms. The molecular weight excluding hydrogens is 160 g/mol. The van der Waals surface area contributed by atoms with Gasteiger partial charge in [-0.2, -0.15) is 0 Å². The van der Waals surface area contributed by atoms with Crippen LogP contribution in [-0.2, 0) is 5.41 Å². The molecule has 0 aliphatic rings. The molecule has 0 unspecified atom stereocenters. The Morgan fingerprint density at radius 1 is 1.23 bits per heavy atom. The first-order valence-corrected chi connectivity index (χ1v) is 4.47. The van der Waals surface area contributed by atoms with Crippen molar-refractivity contribution in [2.24, 2.45) is 0 Å². The van der Waals surface area contributed by atoms with Gasteiger partial charge in [-0.25, -0.2) is 0 Å². The third kappa shape index (κ3) is 1.46. The molecule has 13 heavy (non-hydrogen) atoms. The summed E-state index contributed by atoms with van der Waals surface area (Å²) in [6, 6.07) is 8.18. The summed E-state index contributed by atoms with van der Waals surface area (Å²) in [4.78, 5) is 0. The molecule has 1 heterocycles. The van der Waals surface area contributed by atoms with Gasteiger partial charge >= 0.3 is 0 Å². The van der Waals surface area contributed by atoms with Crippen molar-refractivity contribution in [3.63, 3.8) is 0 Å². The summed E-state index contributed by atoms with van der Waals surface area (Å²) >= 11 is 0. The topological polar surface area (TPSA) is 13.1 Å². The fraction of sp³-hybridized carbons (Fsp3) is 0.333. The van der Waals surface area contributed by atoms with Gasteiger partial charge in [0.1, 0.15) is 5.58 Å². The SMILES string of the molecule is CC(C)(C)c1ccc2c[c]oc2c1. The lowest BCUT2D eigenvalue weighted by molar-refractivity contribution is 0.580. The Hall–Kier alpha value is -1.24. The highest BCUT2D eigenvalue weighted by Crippen LogP contribution is 2.26. The molecule has 0 saturated carbocycles. The molecule has 0 N–H and O–H groups in total. The summed E-state index contributed by atoms with van der Waals surface area (Å²) < 4.78 is 5.23. The quantitative estimate of drug-likeness (QED) is 0.594. The summed E-state index contributed by atoms with van der Waals surface area (Å²) in [6.07, 6.45) is 2.74. The predicted octanol–water partition coefficient (Wildman–Crippen LogP) is 3.53. The number of benzene rings is 1. The van der Waals surface area contributed by atoms with Crippen molar-refractivity contribution in [3.8, 4) is 0 Å². The summed E-state index contributed by atoms with van der Waals surface area (Å²) in [5, 5.41) is 1.12. The van der Waals surface area contributed by atoms with Gasteiger partial charge in [0.2, 0.25) is 0 Å². The molecule has 0 aliphatic heterocycles. The second kappa shape index (κ2) is 2.63. The highest BCUT2D eigenvalue weighted by Gasteiger charge is 2.14. The lowest BCUT2D eigenvalue weighted by Gasteiger charge is -2.18. The average Bonchev–Trinajstić information content (AvgIpc) is 2.47. The standard InChI is InChI=1S/C12H13O/c1-12(2,3)10-5-4-9-6-7-13-11(9)8-10/h4-6,8H,1-3H3. The molecule has 0 spiro atoms. The molecule has 0 aliphatic carbocycles. The van der Waals surface area contributed by atoms with E-state index < -0.39 is 0 Å². The van der Waals surface area contributed by atoms with E-state index >= 15 is 0 Å². The molecule has 0 saturated heterocycles. The predicted molar refractivity (Wildman–Crippen MR) is 53.8 cm³/mol. The van der Waals surface area contributed by atoms with Crippen molar-refractivity contribution in [2.75, 3.05) is 0 Å². The maximum absolute atomic E-state index is 5.23. The minimum absolute atomic E-state index is 0.182. The Kier molecular flexibility index (Phi) is 1.69. The van der Waals surface area contributed by atoms with Crippen molar-refractivity contribution in [1.29, 1.82) is 0 Å². The largest absolute Gasteiger partial charge is 0.453 e. The van der Waals surface area contributed by atoms with Crippen LogP contribution in [-0.4, -0.2) is 0 Å². The van der Waals surface area contributed by atoms with Crippen LogP contribution in [0.2, 0.25) is 0 Å². The minimum Gasteiger partial charge on any atom is -0.453 e. The summed E-state index contributed by atoms with van der Waals surface area (Å²) in [7, 11) is 0.